The second kappa shape index (κ2) is 9.73. The van der Waals surface area contributed by atoms with Crippen molar-refractivity contribution in [2.75, 3.05) is 5.32 Å². The quantitative estimate of drug-likeness (QED) is 0.398. The number of halogens is 2. The lowest BCUT2D eigenvalue weighted by atomic mass is 10.1. The molecule has 1 amide bonds. The monoisotopic (exact) mass is 420 g/mol. The molecule has 3 aromatic rings. The van der Waals surface area contributed by atoms with Crippen molar-refractivity contribution >= 4 is 29.3 Å². The average Bonchev–Trinajstić information content (AvgIpc) is 2.74. The molecule has 0 bridgehead atoms. The molecule has 0 aliphatic heterocycles. The summed E-state index contributed by atoms with van der Waals surface area (Å²) in [7, 11) is 0. The number of nitriles is 1. The van der Waals surface area contributed by atoms with Crippen molar-refractivity contribution in [3.8, 4) is 11.8 Å². The zero-order valence-corrected chi connectivity index (χ0v) is 16.9. The molecule has 6 heteroatoms. The topological polar surface area (TPSA) is 62.1 Å². The van der Waals surface area contributed by atoms with Crippen LogP contribution in [0.2, 0.25) is 5.02 Å². The predicted octanol–water partition coefficient (Wildman–Crippen LogP) is 5.91. The average molecular weight is 421 g/mol. The first-order valence-corrected chi connectivity index (χ1v) is 9.50. The van der Waals surface area contributed by atoms with E-state index in [9.17, 15) is 14.4 Å². The summed E-state index contributed by atoms with van der Waals surface area (Å²) in [5.74, 6) is -0.494. The van der Waals surface area contributed by atoms with Crippen LogP contribution in [-0.2, 0) is 11.4 Å². The first kappa shape index (κ1) is 21.1. The minimum Gasteiger partial charge on any atom is -0.488 e. The zero-order chi connectivity index (χ0) is 21.5. The van der Waals surface area contributed by atoms with E-state index in [1.165, 1.54) is 12.1 Å². The third kappa shape index (κ3) is 5.25. The van der Waals surface area contributed by atoms with Crippen LogP contribution in [0.4, 0.5) is 10.1 Å². The lowest BCUT2D eigenvalue weighted by molar-refractivity contribution is -0.112. The van der Waals surface area contributed by atoms with E-state index in [1.54, 1.807) is 60.7 Å². The second-order valence-electron chi connectivity index (χ2n) is 6.50. The van der Waals surface area contributed by atoms with E-state index in [4.69, 9.17) is 16.3 Å². The molecule has 3 aromatic carbocycles. The number of ether oxygens (including phenoxy) is 1. The van der Waals surface area contributed by atoms with E-state index < -0.39 is 5.91 Å². The predicted molar refractivity (Wildman–Crippen MR) is 116 cm³/mol. The van der Waals surface area contributed by atoms with E-state index in [2.05, 4.69) is 5.32 Å². The van der Waals surface area contributed by atoms with E-state index in [0.29, 0.717) is 27.6 Å². The number of anilines is 1. The van der Waals surface area contributed by atoms with Gasteiger partial charge in [-0.25, -0.2) is 4.39 Å². The smallest absolute Gasteiger partial charge is 0.266 e. The summed E-state index contributed by atoms with van der Waals surface area (Å²) in [4.78, 5) is 12.6. The van der Waals surface area contributed by atoms with Crippen molar-refractivity contribution in [3.63, 3.8) is 0 Å². The summed E-state index contributed by atoms with van der Waals surface area (Å²) in [6, 6.07) is 20.3. The number of benzene rings is 3. The zero-order valence-electron chi connectivity index (χ0n) is 16.2. The Morgan fingerprint density at radius 1 is 1.17 bits per heavy atom. The van der Waals surface area contributed by atoms with Crippen LogP contribution in [0.25, 0.3) is 6.08 Å². The molecule has 3 rings (SSSR count). The highest BCUT2D eigenvalue weighted by atomic mass is 35.5. The van der Waals surface area contributed by atoms with Crippen molar-refractivity contribution in [2.24, 2.45) is 0 Å². The molecule has 0 aromatic heterocycles. The van der Waals surface area contributed by atoms with Gasteiger partial charge in [-0.05, 0) is 42.8 Å². The molecule has 0 saturated carbocycles. The highest BCUT2D eigenvalue weighted by Crippen LogP contribution is 2.24. The largest absolute Gasteiger partial charge is 0.488 e. The fourth-order valence-corrected chi connectivity index (χ4v) is 2.90. The van der Waals surface area contributed by atoms with Gasteiger partial charge in [0.1, 0.15) is 29.8 Å². The fourth-order valence-electron chi connectivity index (χ4n) is 2.72. The maximum atomic E-state index is 13.8. The third-order valence-electron chi connectivity index (χ3n) is 4.37. The summed E-state index contributed by atoms with van der Waals surface area (Å²) in [6.45, 7) is 1.85. The van der Waals surface area contributed by atoms with Gasteiger partial charge in [0.25, 0.3) is 5.91 Å². The molecule has 0 fully saturated rings. The van der Waals surface area contributed by atoms with Gasteiger partial charge in [0.2, 0.25) is 0 Å². The van der Waals surface area contributed by atoms with Gasteiger partial charge >= 0.3 is 0 Å². The molecular formula is C24H18ClFN2O2. The maximum Gasteiger partial charge on any atom is 0.266 e. The number of carbonyl (C=O) groups is 1. The molecule has 30 heavy (non-hydrogen) atoms. The molecule has 1 N–H and O–H groups in total. The van der Waals surface area contributed by atoms with Crippen LogP contribution in [0.1, 0.15) is 16.7 Å². The van der Waals surface area contributed by atoms with Crippen molar-refractivity contribution in [1.29, 1.82) is 5.26 Å². The normalized spacial score (nSPS) is 10.9. The van der Waals surface area contributed by atoms with Crippen molar-refractivity contribution in [3.05, 3.63) is 99.8 Å². The highest BCUT2D eigenvalue weighted by Gasteiger charge is 2.13. The number of rotatable bonds is 6. The molecule has 150 valence electrons. The summed E-state index contributed by atoms with van der Waals surface area (Å²) in [5, 5.41) is 12.7. The van der Waals surface area contributed by atoms with Crippen LogP contribution in [0.3, 0.4) is 0 Å². The molecule has 0 radical (unpaired) electrons. The summed E-state index contributed by atoms with van der Waals surface area (Å²) in [6.07, 6.45) is 1.44. The number of hydrogen-bond acceptors (Lipinski definition) is 3. The highest BCUT2D eigenvalue weighted by molar-refractivity contribution is 6.31. The SMILES string of the molecule is Cc1ccc(Cl)cc1NC(=O)/C(C#N)=C/c1ccccc1OCc1ccccc1F. The van der Waals surface area contributed by atoms with Crippen LogP contribution in [-0.4, -0.2) is 5.91 Å². The van der Waals surface area contributed by atoms with E-state index in [1.807, 2.05) is 13.0 Å². The fraction of sp³-hybridized carbons (Fsp3) is 0.0833. The van der Waals surface area contributed by atoms with Crippen molar-refractivity contribution < 1.29 is 13.9 Å². The number of carbonyl (C=O) groups excluding carboxylic acids is 1. The number of nitrogens with one attached hydrogen (secondary N) is 1. The summed E-state index contributed by atoms with van der Waals surface area (Å²) in [5.41, 5.74) is 2.18. The van der Waals surface area contributed by atoms with E-state index >= 15 is 0 Å². The standard InChI is InChI=1S/C24H18ClFN2O2/c1-16-10-11-20(25)13-22(16)28-24(29)19(14-27)12-17-6-3-5-9-23(17)30-15-18-7-2-4-8-21(18)26/h2-13H,15H2,1H3,(H,28,29)/b19-12+. The first-order valence-electron chi connectivity index (χ1n) is 9.12. The lowest BCUT2D eigenvalue weighted by Crippen LogP contribution is -2.14. The Kier molecular flexibility index (Phi) is 6.84. The van der Waals surface area contributed by atoms with Crippen molar-refractivity contribution in [1.82, 2.24) is 0 Å². The number of aryl methyl sites for hydroxylation is 1. The van der Waals surface area contributed by atoms with Gasteiger partial charge < -0.3 is 10.1 Å². The van der Waals surface area contributed by atoms with Crippen LogP contribution in [0.15, 0.2) is 72.3 Å². The Morgan fingerprint density at radius 2 is 1.90 bits per heavy atom. The molecule has 0 heterocycles. The summed E-state index contributed by atoms with van der Waals surface area (Å²) >= 11 is 5.99. The molecular weight excluding hydrogens is 403 g/mol. The van der Waals surface area contributed by atoms with Gasteiger partial charge in [-0.1, -0.05) is 54.1 Å². The molecule has 0 atom stereocenters. The van der Waals surface area contributed by atoms with Gasteiger partial charge in [-0.3, -0.25) is 4.79 Å². The molecule has 4 nitrogen and oxygen atoms in total. The van der Waals surface area contributed by atoms with Crippen LogP contribution in [0.5, 0.6) is 5.75 Å². The lowest BCUT2D eigenvalue weighted by Gasteiger charge is -2.11. The third-order valence-corrected chi connectivity index (χ3v) is 4.61. The maximum absolute atomic E-state index is 13.8. The second-order valence-corrected chi connectivity index (χ2v) is 6.94. The Balaban J connectivity index is 1.82. The van der Waals surface area contributed by atoms with E-state index in [0.717, 1.165) is 5.56 Å². The minimum absolute atomic E-state index is 0.0211. The Bertz CT molecular complexity index is 1150. The van der Waals surface area contributed by atoms with Crippen LogP contribution >= 0.6 is 11.6 Å². The molecule has 0 spiro atoms. The van der Waals surface area contributed by atoms with Crippen LogP contribution < -0.4 is 10.1 Å². The van der Waals surface area contributed by atoms with E-state index in [-0.39, 0.29) is 18.0 Å². The van der Waals surface area contributed by atoms with Gasteiger partial charge in [-0.15, -0.1) is 0 Å². The molecule has 0 aliphatic carbocycles. The minimum atomic E-state index is -0.563. The molecule has 0 saturated heterocycles. The number of amides is 1. The Hall–Kier alpha value is -3.62. The van der Waals surface area contributed by atoms with Gasteiger partial charge in [-0.2, -0.15) is 5.26 Å². The summed E-state index contributed by atoms with van der Waals surface area (Å²) < 4.78 is 19.6. The molecule has 0 aliphatic rings. The first-order chi connectivity index (χ1) is 14.5. The molecule has 0 unspecified atom stereocenters. The number of nitrogens with zero attached hydrogens (tertiary/aromatic N) is 1. The number of hydrogen-bond donors (Lipinski definition) is 1. The number of para-hydroxylation sites is 1. The van der Waals surface area contributed by atoms with Gasteiger partial charge in [0, 0.05) is 21.8 Å². The van der Waals surface area contributed by atoms with Gasteiger partial charge in [0.15, 0.2) is 0 Å². The van der Waals surface area contributed by atoms with Gasteiger partial charge in [0.05, 0.1) is 0 Å². The van der Waals surface area contributed by atoms with Crippen LogP contribution in [0, 0.1) is 24.1 Å². The Morgan fingerprint density at radius 3 is 2.67 bits per heavy atom. The van der Waals surface area contributed by atoms with Crippen molar-refractivity contribution in [2.45, 2.75) is 13.5 Å². The Labute approximate surface area is 179 Å².